The average molecular weight is 231 g/mol. The second-order valence-electron chi connectivity index (χ2n) is 5.45. The van der Waals surface area contributed by atoms with Crippen molar-refractivity contribution in [2.45, 2.75) is 45.3 Å². The molecular formula is C15H21NO. The van der Waals surface area contributed by atoms with Crippen LogP contribution in [0.3, 0.4) is 0 Å². The SMILES string of the molecule is CC(N)/C=C/c1ccc2c(c1)CCC(C)(C)O2. The number of hydrogen-bond donors (Lipinski definition) is 1. The monoisotopic (exact) mass is 231 g/mol. The van der Waals surface area contributed by atoms with Crippen molar-refractivity contribution in [1.29, 1.82) is 0 Å². The zero-order valence-corrected chi connectivity index (χ0v) is 10.9. The fourth-order valence-corrected chi connectivity index (χ4v) is 2.05. The minimum atomic E-state index is -0.0316. The maximum atomic E-state index is 5.95. The summed E-state index contributed by atoms with van der Waals surface area (Å²) in [4.78, 5) is 0. The van der Waals surface area contributed by atoms with Crippen molar-refractivity contribution in [3.63, 3.8) is 0 Å². The van der Waals surface area contributed by atoms with Gasteiger partial charge in [0.1, 0.15) is 11.4 Å². The number of aryl methyl sites for hydroxylation is 1. The standard InChI is InChI=1S/C15H21NO/c1-11(16)4-5-12-6-7-14-13(10-12)8-9-15(2,3)17-14/h4-7,10-11H,8-9,16H2,1-3H3/b5-4+. The van der Waals surface area contributed by atoms with Gasteiger partial charge in [0.15, 0.2) is 0 Å². The third kappa shape index (κ3) is 3.10. The summed E-state index contributed by atoms with van der Waals surface area (Å²) in [6, 6.07) is 6.45. The molecule has 0 saturated heterocycles. The highest BCUT2D eigenvalue weighted by Crippen LogP contribution is 2.33. The topological polar surface area (TPSA) is 35.2 Å². The number of fused-ring (bicyclic) bond motifs is 1. The number of rotatable bonds is 2. The van der Waals surface area contributed by atoms with E-state index in [9.17, 15) is 0 Å². The average Bonchev–Trinajstić information content (AvgIpc) is 2.25. The molecule has 1 aromatic carbocycles. The van der Waals surface area contributed by atoms with Gasteiger partial charge in [0.2, 0.25) is 0 Å². The molecule has 2 nitrogen and oxygen atoms in total. The van der Waals surface area contributed by atoms with Crippen LogP contribution in [0.15, 0.2) is 24.3 Å². The highest BCUT2D eigenvalue weighted by Gasteiger charge is 2.26. The fourth-order valence-electron chi connectivity index (χ4n) is 2.05. The summed E-state index contributed by atoms with van der Waals surface area (Å²) in [6.07, 6.45) is 6.24. The third-order valence-corrected chi connectivity index (χ3v) is 3.06. The molecule has 0 radical (unpaired) electrons. The van der Waals surface area contributed by atoms with Gasteiger partial charge in [0.05, 0.1) is 0 Å². The molecule has 2 rings (SSSR count). The quantitative estimate of drug-likeness (QED) is 0.848. The molecule has 1 aliphatic heterocycles. The minimum absolute atomic E-state index is 0.0316. The van der Waals surface area contributed by atoms with Gasteiger partial charge in [-0.25, -0.2) is 0 Å². The summed E-state index contributed by atoms with van der Waals surface area (Å²) in [5.74, 6) is 1.03. The Balaban J connectivity index is 2.21. The summed E-state index contributed by atoms with van der Waals surface area (Å²) in [7, 11) is 0. The van der Waals surface area contributed by atoms with Crippen LogP contribution in [0.25, 0.3) is 6.08 Å². The molecule has 1 aliphatic rings. The Morgan fingerprint density at radius 2 is 2.18 bits per heavy atom. The Labute approximate surface area is 103 Å². The van der Waals surface area contributed by atoms with E-state index in [0.29, 0.717) is 0 Å². The van der Waals surface area contributed by atoms with Gasteiger partial charge in [0, 0.05) is 6.04 Å². The van der Waals surface area contributed by atoms with Gasteiger partial charge in [-0.05, 0) is 56.9 Å². The molecule has 92 valence electrons. The largest absolute Gasteiger partial charge is 0.488 e. The van der Waals surface area contributed by atoms with Gasteiger partial charge in [-0.2, -0.15) is 0 Å². The molecule has 0 fully saturated rings. The van der Waals surface area contributed by atoms with Gasteiger partial charge in [-0.1, -0.05) is 18.2 Å². The molecule has 0 amide bonds. The van der Waals surface area contributed by atoms with Crippen LogP contribution in [-0.4, -0.2) is 11.6 Å². The van der Waals surface area contributed by atoms with E-state index < -0.39 is 0 Å². The van der Waals surface area contributed by atoms with Crippen molar-refractivity contribution in [3.8, 4) is 5.75 Å². The van der Waals surface area contributed by atoms with E-state index in [1.54, 1.807) is 0 Å². The predicted octanol–water partition coefficient (Wildman–Crippen LogP) is 3.15. The van der Waals surface area contributed by atoms with E-state index in [2.05, 4.69) is 38.1 Å². The van der Waals surface area contributed by atoms with Crippen LogP contribution in [0.1, 0.15) is 38.3 Å². The van der Waals surface area contributed by atoms with Gasteiger partial charge >= 0.3 is 0 Å². The summed E-state index contributed by atoms with van der Waals surface area (Å²) < 4.78 is 5.95. The Morgan fingerprint density at radius 1 is 1.41 bits per heavy atom. The second-order valence-corrected chi connectivity index (χ2v) is 5.45. The van der Waals surface area contributed by atoms with Crippen LogP contribution in [0.4, 0.5) is 0 Å². The zero-order valence-electron chi connectivity index (χ0n) is 10.9. The highest BCUT2D eigenvalue weighted by molar-refractivity contribution is 5.54. The van der Waals surface area contributed by atoms with Crippen LogP contribution >= 0.6 is 0 Å². The molecule has 17 heavy (non-hydrogen) atoms. The third-order valence-electron chi connectivity index (χ3n) is 3.06. The first-order valence-electron chi connectivity index (χ1n) is 6.22. The molecule has 0 aromatic heterocycles. The number of benzene rings is 1. The van der Waals surface area contributed by atoms with E-state index in [4.69, 9.17) is 10.5 Å². The minimum Gasteiger partial charge on any atom is -0.488 e. The molecule has 0 spiro atoms. The highest BCUT2D eigenvalue weighted by atomic mass is 16.5. The molecule has 1 heterocycles. The van der Waals surface area contributed by atoms with Crippen molar-refractivity contribution >= 4 is 6.08 Å². The van der Waals surface area contributed by atoms with E-state index in [1.807, 2.05) is 13.0 Å². The molecule has 1 atom stereocenters. The molecular weight excluding hydrogens is 210 g/mol. The van der Waals surface area contributed by atoms with E-state index in [1.165, 1.54) is 11.1 Å². The van der Waals surface area contributed by atoms with Crippen molar-refractivity contribution in [1.82, 2.24) is 0 Å². The zero-order chi connectivity index (χ0) is 12.5. The van der Waals surface area contributed by atoms with Crippen molar-refractivity contribution in [2.24, 2.45) is 5.73 Å². The van der Waals surface area contributed by atoms with Crippen molar-refractivity contribution in [3.05, 3.63) is 35.4 Å². The fraction of sp³-hybridized carbons (Fsp3) is 0.467. The molecule has 2 N–H and O–H groups in total. The summed E-state index contributed by atoms with van der Waals surface area (Å²) in [6.45, 7) is 6.25. The number of ether oxygens (including phenoxy) is 1. The molecule has 1 unspecified atom stereocenters. The summed E-state index contributed by atoms with van der Waals surface area (Å²) in [5.41, 5.74) is 8.17. The van der Waals surface area contributed by atoms with Crippen molar-refractivity contribution in [2.75, 3.05) is 0 Å². The Morgan fingerprint density at radius 3 is 2.88 bits per heavy atom. The molecule has 1 aromatic rings. The lowest BCUT2D eigenvalue weighted by Crippen LogP contribution is -2.32. The van der Waals surface area contributed by atoms with E-state index >= 15 is 0 Å². The normalized spacial score (nSPS) is 19.8. The number of nitrogens with two attached hydrogens (primary N) is 1. The maximum absolute atomic E-state index is 5.95. The lowest BCUT2D eigenvalue weighted by atomic mass is 9.93. The molecule has 2 heteroatoms. The lowest BCUT2D eigenvalue weighted by molar-refractivity contribution is 0.0847. The summed E-state index contributed by atoms with van der Waals surface area (Å²) in [5, 5.41) is 0. The van der Waals surface area contributed by atoms with Crippen molar-refractivity contribution < 1.29 is 4.74 Å². The van der Waals surface area contributed by atoms with Gasteiger partial charge in [-0.15, -0.1) is 0 Å². The first kappa shape index (κ1) is 12.2. The molecule has 0 bridgehead atoms. The summed E-state index contributed by atoms with van der Waals surface area (Å²) >= 11 is 0. The van der Waals surface area contributed by atoms with E-state index in [-0.39, 0.29) is 11.6 Å². The Hall–Kier alpha value is -1.28. The van der Waals surface area contributed by atoms with Crippen LogP contribution in [0, 0.1) is 0 Å². The second kappa shape index (κ2) is 4.53. The Kier molecular flexibility index (Phi) is 3.25. The van der Waals surface area contributed by atoms with Crippen LogP contribution in [0.5, 0.6) is 5.75 Å². The number of hydrogen-bond acceptors (Lipinski definition) is 2. The van der Waals surface area contributed by atoms with Crippen LogP contribution in [0.2, 0.25) is 0 Å². The predicted molar refractivity (Wildman–Crippen MR) is 72.2 cm³/mol. The van der Waals surface area contributed by atoms with Gasteiger partial charge < -0.3 is 10.5 Å². The first-order chi connectivity index (χ1) is 7.96. The van der Waals surface area contributed by atoms with Crippen LogP contribution < -0.4 is 10.5 Å². The Bertz CT molecular complexity index is 433. The first-order valence-corrected chi connectivity index (χ1v) is 6.22. The van der Waals surface area contributed by atoms with Gasteiger partial charge in [0.25, 0.3) is 0 Å². The van der Waals surface area contributed by atoms with E-state index in [0.717, 1.165) is 18.6 Å². The lowest BCUT2D eigenvalue weighted by Gasteiger charge is -2.32. The smallest absolute Gasteiger partial charge is 0.123 e. The van der Waals surface area contributed by atoms with Gasteiger partial charge in [-0.3, -0.25) is 0 Å². The molecule has 0 aliphatic carbocycles. The van der Waals surface area contributed by atoms with Crippen LogP contribution in [-0.2, 0) is 6.42 Å². The maximum Gasteiger partial charge on any atom is 0.123 e. The molecule has 0 saturated carbocycles.